The van der Waals surface area contributed by atoms with Crippen LogP contribution in [0.5, 0.6) is 0 Å². The van der Waals surface area contributed by atoms with Crippen molar-refractivity contribution in [3.8, 4) is 0 Å². The highest BCUT2D eigenvalue weighted by Crippen LogP contribution is 2.77. The van der Waals surface area contributed by atoms with Crippen LogP contribution in [0.3, 0.4) is 0 Å². The van der Waals surface area contributed by atoms with Crippen molar-refractivity contribution < 1.29 is 9.59 Å². The number of alkyl halides is 4. The molecule has 1 aromatic rings. The van der Waals surface area contributed by atoms with Gasteiger partial charge in [-0.25, -0.2) is 4.90 Å². The SMILES string of the molecule is Cc1ccccc1N1C(=O)[C@@H]2[C@@H](C1=O)[C@]1(Cl)C(Cl)=C(Cl)[C@]2(Cl)C1(Cl)Cl. The van der Waals surface area contributed by atoms with Gasteiger partial charge in [0.25, 0.3) is 0 Å². The van der Waals surface area contributed by atoms with Crippen molar-refractivity contribution in [2.24, 2.45) is 11.8 Å². The van der Waals surface area contributed by atoms with Gasteiger partial charge in [-0.1, -0.05) is 64.6 Å². The van der Waals surface area contributed by atoms with E-state index in [-0.39, 0.29) is 10.1 Å². The number of amides is 2. The van der Waals surface area contributed by atoms with E-state index in [4.69, 9.17) is 69.6 Å². The summed E-state index contributed by atoms with van der Waals surface area (Å²) in [5.74, 6) is -3.31. The van der Waals surface area contributed by atoms with Gasteiger partial charge in [0.05, 0.1) is 27.6 Å². The van der Waals surface area contributed by atoms with E-state index in [0.717, 1.165) is 10.5 Å². The van der Waals surface area contributed by atoms with Crippen LogP contribution >= 0.6 is 69.6 Å². The first-order valence-electron chi connectivity index (χ1n) is 7.28. The number of carbonyl (C=O) groups is 2. The highest BCUT2D eigenvalue weighted by molar-refractivity contribution is 6.67. The molecule has 0 spiro atoms. The fraction of sp³-hybridized carbons (Fsp3) is 0.375. The summed E-state index contributed by atoms with van der Waals surface area (Å²) < 4.78 is -1.91. The Labute approximate surface area is 173 Å². The molecule has 9 heteroatoms. The molecule has 0 N–H and O–H groups in total. The Morgan fingerprint density at radius 3 is 1.76 bits per heavy atom. The molecule has 4 atom stereocenters. The molecular formula is C16H9Cl6NO2. The third kappa shape index (κ3) is 1.74. The molecule has 3 aliphatic rings. The van der Waals surface area contributed by atoms with Gasteiger partial charge in [-0.3, -0.25) is 9.59 Å². The number of imide groups is 1. The average Bonchev–Trinajstić information content (AvgIpc) is 2.93. The minimum atomic E-state index is -1.91. The van der Waals surface area contributed by atoms with E-state index in [2.05, 4.69) is 0 Å². The lowest BCUT2D eigenvalue weighted by Crippen LogP contribution is -2.50. The van der Waals surface area contributed by atoms with Crippen molar-refractivity contribution in [1.29, 1.82) is 0 Å². The zero-order chi connectivity index (χ0) is 18.5. The van der Waals surface area contributed by atoms with Gasteiger partial charge < -0.3 is 0 Å². The molecule has 2 aliphatic carbocycles. The van der Waals surface area contributed by atoms with E-state index in [0.29, 0.717) is 5.69 Å². The van der Waals surface area contributed by atoms with Crippen molar-refractivity contribution in [3.05, 3.63) is 39.9 Å². The molecule has 4 rings (SSSR count). The second kappa shape index (κ2) is 5.21. The van der Waals surface area contributed by atoms with E-state index < -0.39 is 37.7 Å². The van der Waals surface area contributed by atoms with E-state index >= 15 is 0 Å². The smallest absolute Gasteiger partial charge is 0.240 e. The first-order chi connectivity index (χ1) is 11.5. The van der Waals surface area contributed by atoms with Crippen LogP contribution in [0, 0.1) is 18.8 Å². The number of fused-ring (bicyclic) bond motifs is 5. The Morgan fingerprint density at radius 1 is 0.880 bits per heavy atom. The summed E-state index contributed by atoms with van der Waals surface area (Å²) >= 11 is 38.7. The summed E-state index contributed by atoms with van der Waals surface area (Å²) in [6, 6.07) is 6.99. The van der Waals surface area contributed by atoms with Crippen LogP contribution in [0.1, 0.15) is 5.56 Å². The Morgan fingerprint density at radius 2 is 1.32 bits per heavy atom. The number of aryl methyl sites for hydroxylation is 1. The predicted octanol–water partition coefficient (Wildman–Crippen LogP) is 4.95. The van der Waals surface area contributed by atoms with Crippen LogP contribution in [0.25, 0.3) is 0 Å². The van der Waals surface area contributed by atoms with Gasteiger partial charge in [-0.15, -0.1) is 23.2 Å². The van der Waals surface area contributed by atoms with Gasteiger partial charge in [-0.05, 0) is 18.6 Å². The number of hydrogen-bond acceptors (Lipinski definition) is 2. The third-order valence-electron chi connectivity index (χ3n) is 5.27. The Bertz CT molecular complexity index is 837. The van der Waals surface area contributed by atoms with Crippen molar-refractivity contribution in [3.63, 3.8) is 0 Å². The fourth-order valence-electron chi connectivity index (χ4n) is 4.05. The molecule has 25 heavy (non-hydrogen) atoms. The Balaban J connectivity index is 1.94. The molecule has 2 amide bonds. The molecular weight excluding hydrogens is 451 g/mol. The molecule has 2 bridgehead atoms. The van der Waals surface area contributed by atoms with E-state index in [1.165, 1.54) is 0 Å². The number of rotatable bonds is 1. The number of allylic oxidation sites excluding steroid dienone is 2. The molecule has 1 heterocycles. The monoisotopic (exact) mass is 457 g/mol. The summed E-state index contributed by atoms with van der Waals surface area (Å²) in [5, 5.41) is -0.185. The summed E-state index contributed by atoms with van der Waals surface area (Å²) in [4.78, 5) is 23.8. The summed E-state index contributed by atoms with van der Waals surface area (Å²) in [5.41, 5.74) is 1.20. The quantitative estimate of drug-likeness (QED) is 0.440. The lowest BCUT2D eigenvalue weighted by molar-refractivity contribution is -0.123. The minimum absolute atomic E-state index is 0.0927. The van der Waals surface area contributed by atoms with Gasteiger partial charge >= 0.3 is 0 Å². The highest BCUT2D eigenvalue weighted by Gasteiger charge is 2.87. The standard InChI is InChI=1S/C16H9Cl6NO2/c1-6-4-2-3-5-7(6)23-12(24)8-9(13(23)25)15(20)11(18)10(17)14(8,19)16(15,21)22/h2-5,8-9H,1H3/t8-,9-,14-,15-/m0/s1. The molecule has 1 saturated heterocycles. The first kappa shape index (κ1) is 18.2. The molecule has 1 aromatic carbocycles. The number of nitrogens with zero attached hydrogens (tertiary/aromatic N) is 1. The van der Waals surface area contributed by atoms with Crippen LogP contribution in [0.15, 0.2) is 34.3 Å². The highest BCUT2D eigenvalue weighted by atomic mass is 35.5. The zero-order valence-corrected chi connectivity index (χ0v) is 17.0. The summed E-state index contributed by atoms with van der Waals surface area (Å²) in [6.07, 6.45) is 0. The van der Waals surface area contributed by atoms with Crippen molar-refractivity contribution >= 4 is 87.1 Å². The average molecular weight is 460 g/mol. The number of anilines is 1. The molecule has 1 aliphatic heterocycles. The number of para-hydroxylation sites is 1. The minimum Gasteiger partial charge on any atom is -0.274 e. The Hall–Kier alpha value is -0.160. The van der Waals surface area contributed by atoms with Gasteiger partial charge in [0.2, 0.25) is 11.8 Å². The van der Waals surface area contributed by atoms with E-state index in [1.807, 2.05) is 0 Å². The summed E-state index contributed by atoms with van der Waals surface area (Å²) in [7, 11) is 0. The Kier molecular flexibility index (Phi) is 3.80. The molecule has 0 radical (unpaired) electrons. The number of halogens is 6. The topological polar surface area (TPSA) is 37.4 Å². The van der Waals surface area contributed by atoms with Crippen LogP contribution in [0.4, 0.5) is 5.69 Å². The number of benzene rings is 1. The summed E-state index contributed by atoms with van der Waals surface area (Å²) in [6.45, 7) is 1.79. The van der Waals surface area contributed by atoms with E-state index in [9.17, 15) is 9.59 Å². The van der Waals surface area contributed by atoms with Crippen LogP contribution in [-0.4, -0.2) is 25.9 Å². The molecule has 2 fully saturated rings. The molecule has 3 nitrogen and oxygen atoms in total. The first-order valence-corrected chi connectivity index (χ1v) is 9.55. The lowest BCUT2D eigenvalue weighted by atomic mass is 9.84. The second-order valence-electron chi connectivity index (χ2n) is 6.38. The number of hydrogen-bond donors (Lipinski definition) is 0. The van der Waals surface area contributed by atoms with Gasteiger partial charge in [0.15, 0.2) is 4.33 Å². The maximum Gasteiger partial charge on any atom is 0.240 e. The van der Waals surface area contributed by atoms with Crippen LogP contribution in [-0.2, 0) is 9.59 Å². The van der Waals surface area contributed by atoms with Crippen LogP contribution < -0.4 is 4.90 Å². The van der Waals surface area contributed by atoms with E-state index in [1.54, 1.807) is 31.2 Å². The normalized spacial score (nSPS) is 38.8. The molecule has 0 unspecified atom stereocenters. The molecule has 0 aromatic heterocycles. The predicted molar refractivity (Wildman–Crippen MR) is 101 cm³/mol. The second-order valence-corrected chi connectivity index (χ2v) is 9.66. The van der Waals surface area contributed by atoms with Crippen molar-refractivity contribution in [2.45, 2.75) is 21.0 Å². The lowest BCUT2D eigenvalue weighted by Gasteiger charge is -2.34. The third-order valence-corrected chi connectivity index (χ3v) is 9.52. The van der Waals surface area contributed by atoms with Gasteiger partial charge in [0.1, 0.15) is 9.75 Å². The van der Waals surface area contributed by atoms with Gasteiger partial charge in [0, 0.05) is 0 Å². The zero-order valence-electron chi connectivity index (χ0n) is 12.5. The maximum absolute atomic E-state index is 13.1. The number of carbonyl (C=O) groups excluding carboxylic acids is 2. The maximum atomic E-state index is 13.1. The van der Waals surface area contributed by atoms with Crippen molar-refractivity contribution in [2.75, 3.05) is 4.90 Å². The van der Waals surface area contributed by atoms with Gasteiger partial charge in [-0.2, -0.15) is 0 Å². The largest absolute Gasteiger partial charge is 0.274 e. The van der Waals surface area contributed by atoms with Crippen molar-refractivity contribution in [1.82, 2.24) is 0 Å². The van der Waals surface area contributed by atoms with Crippen LogP contribution in [0.2, 0.25) is 0 Å². The molecule has 1 saturated carbocycles. The fourth-order valence-corrected chi connectivity index (χ4v) is 6.98. The molecule has 132 valence electrons.